The molecular weight excluding hydrogens is 210 g/mol. The lowest BCUT2D eigenvalue weighted by atomic mass is 10.3. The summed E-state index contributed by atoms with van der Waals surface area (Å²) in [4.78, 5) is 12.4. The van der Waals surface area contributed by atoms with E-state index in [9.17, 15) is 4.79 Å². The number of methoxy groups -OCH3 is 1. The monoisotopic (exact) mass is 225 g/mol. The lowest BCUT2D eigenvalue weighted by Gasteiger charge is -2.12. The van der Waals surface area contributed by atoms with Crippen molar-refractivity contribution < 1.29 is 9.53 Å². The van der Waals surface area contributed by atoms with Crippen LogP contribution in [0.2, 0.25) is 0 Å². The smallest absolute Gasteiger partial charge is 0.323 e. The maximum atomic E-state index is 11.3. The Morgan fingerprint density at radius 2 is 2.13 bits per heavy atom. The Balaban J connectivity index is 2.44. The van der Waals surface area contributed by atoms with Crippen LogP contribution in [0, 0.1) is 0 Å². The van der Waals surface area contributed by atoms with Crippen LogP contribution in [-0.2, 0) is 9.53 Å². The molecule has 0 amide bonds. The van der Waals surface area contributed by atoms with Gasteiger partial charge in [-0.2, -0.15) is 0 Å². The van der Waals surface area contributed by atoms with Crippen LogP contribution in [0.1, 0.15) is 0 Å². The highest BCUT2D eigenvalue weighted by Crippen LogP contribution is 2.17. The predicted octanol–water partition coefficient (Wildman–Crippen LogP) is 1.54. The summed E-state index contributed by atoms with van der Waals surface area (Å²) in [5.74, 6) is 0.452. The zero-order chi connectivity index (χ0) is 11.1. The highest BCUT2D eigenvalue weighted by molar-refractivity contribution is 7.99. The van der Waals surface area contributed by atoms with Gasteiger partial charge in [-0.25, -0.2) is 0 Å². The number of carbonyl (C=O) groups is 1. The van der Waals surface area contributed by atoms with Crippen LogP contribution in [0.25, 0.3) is 0 Å². The molecule has 0 bridgehead atoms. The van der Waals surface area contributed by atoms with Crippen molar-refractivity contribution in [1.82, 2.24) is 5.32 Å². The molecule has 0 aliphatic rings. The minimum atomic E-state index is -0.250. The van der Waals surface area contributed by atoms with Gasteiger partial charge < -0.3 is 10.1 Å². The molecule has 0 unspecified atom stereocenters. The number of benzene rings is 1. The van der Waals surface area contributed by atoms with Crippen molar-refractivity contribution in [1.29, 1.82) is 0 Å². The third-order valence-electron chi connectivity index (χ3n) is 1.99. The Morgan fingerprint density at radius 3 is 2.67 bits per heavy atom. The van der Waals surface area contributed by atoms with E-state index in [1.807, 2.05) is 30.3 Å². The van der Waals surface area contributed by atoms with E-state index in [2.05, 4.69) is 10.1 Å². The van der Waals surface area contributed by atoms with Crippen molar-refractivity contribution in [2.75, 3.05) is 19.9 Å². The van der Waals surface area contributed by atoms with Crippen molar-refractivity contribution >= 4 is 17.7 Å². The largest absolute Gasteiger partial charge is 0.468 e. The molecular formula is C11H15NO2S. The van der Waals surface area contributed by atoms with E-state index in [1.165, 1.54) is 7.11 Å². The molecule has 1 rings (SSSR count). The van der Waals surface area contributed by atoms with Crippen molar-refractivity contribution in [3.63, 3.8) is 0 Å². The Morgan fingerprint density at radius 1 is 1.47 bits per heavy atom. The molecule has 0 aliphatic carbocycles. The van der Waals surface area contributed by atoms with E-state index >= 15 is 0 Å². The maximum absolute atomic E-state index is 11.3. The molecule has 1 N–H and O–H groups in total. The summed E-state index contributed by atoms with van der Waals surface area (Å²) < 4.78 is 4.68. The molecule has 4 heteroatoms. The van der Waals surface area contributed by atoms with Gasteiger partial charge in [0.15, 0.2) is 0 Å². The molecule has 3 nitrogen and oxygen atoms in total. The summed E-state index contributed by atoms with van der Waals surface area (Å²) >= 11 is 1.63. The van der Waals surface area contributed by atoms with Gasteiger partial charge in [-0.3, -0.25) is 4.79 Å². The van der Waals surface area contributed by atoms with Crippen LogP contribution in [-0.4, -0.2) is 31.9 Å². The van der Waals surface area contributed by atoms with Gasteiger partial charge >= 0.3 is 5.97 Å². The summed E-state index contributed by atoms with van der Waals surface area (Å²) in [6.45, 7) is 0. The van der Waals surface area contributed by atoms with E-state index in [0.717, 1.165) is 4.90 Å². The maximum Gasteiger partial charge on any atom is 0.323 e. The molecule has 1 aromatic rings. The number of esters is 1. The van der Waals surface area contributed by atoms with Gasteiger partial charge in [0.1, 0.15) is 6.04 Å². The minimum absolute atomic E-state index is 0.221. The van der Waals surface area contributed by atoms with Gasteiger partial charge in [0, 0.05) is 10.6 Å². The first-order valence-corrected chi connectivity index (χ1v) is 5.69. The first-order chi connectivity index (χ1) is 7.27. The van der Waals surface area contributed by atoms with Gasteiger partial charge in [0.25, 0.3) is 0 Å². The molecule has 0 fully saturated rings. The van der Waals surface area contributed by atoms with Crippen LogP contribution in [0.4, 0.5) is 0 Å². The zero-order valence-electron chi connectivity index (χ0n) is 8.90. The summed E-state index contributed by atoms with van der Waals surface area (Å²) in [7, 11) is 3.16. The molecule has 0 aromatic heterocycles. The second kappa shape index (κ2) is 6.48. The predicted molar refractivity (Wildman–Crippen MR) is 62.0 cm³/mol. The Hall–Kier alpha value is -1.00. The normalized spacial score (nSPS) is 12.1. The van der Waals surface area contributed by atoms with Crippen LogP contribution < -0.4 is 5.32 Å². The van der Waals surface area contributed by atoms with Gasteiger partial charge in [-0.1, -0.05) is 18.2 Å². The SMILES string of the molecule is CN[C@@H](CSc1ccccc1)C(=O)OC. The number of thioether (sulfide) groups is 1. The first kappa shape index (κ1) is 12.1. The second-order valence-electron chi connectivity index (χ2n) is 2.99. The number of likely N-dealkylation sites (N-methyl/N-ethyl adjacent to an activating group) is 1. The molecule has 0 aliphatic heterocycles. The standard InChI is InChI=1S/C11H15NO2S/c1-12-10(11(13)14-2)8-15-9-6-4-3-5-7-9/h3-7,10,12H,8H2,1-2H3/t10-/m0/s1. The van der Waals surface area contributed by atoms with Crippen LogP contribution in [0.3, 0.4) is 0 Å². The van der Waals surface area contributed by atoms with Crippen molar-refractivity contribution in [2.45, 2.75) is 10.9 Å². The third kappa shape index (κ3) is 3.93. The fourth-order valence-corrected chi connectivity index (χ4v) is 2.12. The van der Waals surface area contributed by atoms with Gasteiger partial charge in [-0.15, -0.1) is 11.8 Å². The Bertz CT molecular complexity index is 303. The average molecular weight is 225 g/mol. The van der Waals surface area contributed by atoms with Gasteiger partial charge in [0.05, 0.1) is 7.11 Å². The lowest BCUT2D eigenvalue weighted by molar-refractivity contribution is -0.142. The molecule has 15 heavy (non-hydrogen) atoms. The highest BCUT2D eigenvalue weighted by Gasteiger charge is 2.16. The van der Waals surface area contributed by atoms with E-state index in [4.69, 9.17) is 0 Å². The van der Waals surface area contributed by atoms with Crippen LogP contribution in [0.5, 0.6) is 0 Å². The number of nitrogens with one attached hydrogen (secondary N) is 1. The molecule has 0 radical (unpaired) electrons. The molecule has 82 valence electrons. The van der Waals surface area contributed by atoms with Crippen molar-refractivity contribution in [3.05, 3.63) is 30.3 Å². The van der Waals surface area contributed by atoms with E-state index < -0.39 is 0 Å². The summed E-state index contributed by atoms with van der Waals surface area (Å²) in [6.07, 6.45) is 0. The lowest BCUT2D eigenvalue weighted by Crippen LogP contribution is -2.37. The van der Waals surface area contributed by atoms with Gasteiger partial charge in [-0.05, 0) is 19.2 Å². The highest BCUT2D eigenvalue weighted by atomic mass is 32.2. The van der Waals surface area contributed by atoms with Crippen molar-refractivity contribution in [2.24, 2.45) is 0 Å². The first-order valence-electron chi connectivity index (χ1n) is 4.71. The molecule has 0 spiro atoms. The molecule has 0 heterocycles. The minimum Gasteiger partial charge on any atom is -0.468 e. The summed E-state index contributed by atoms with van der Waals surface area (Å²) in [5.41, 5.74) is 0. The molecule has 0 saturated carbocycles. The fourth-order valence-electron chi connectivity index (χ4n) is 1.11. The quantitative estimate of drug-likeness (QED) is 0.609. The zero-order valence-corrected chi connectivity index (χ0v) is 9.71. The molecule has 1 aromatic carbocycles. The number of hydrogen-bond donors (Lipinski definition) is 1. The Labute approximate surface area is 94.2 Å². The second-order valence-corrected chi connectivity index (χ2v) is 4.08. The summed E-state index contributed by atoms with van der Waals surface area (Å²) in [6, 6.07) is 9.73. The number of ether oxygens (including phenoxy) is 1. The number of carbonyl (C=O) groups excluding carboxylic acids is 1. The van der Waals surface area contributed by atoms with Crippen molar-refractivity contribution in [3.8, 4) is 0 Å². The van der Waals surface area contributed by atoms with E-state index in [1.54, 1.807) is 18.8 Å². The fraction of sp³-hybridized carbons (Fsp3) is 0.364. The van der Waals surface area contributed by atoms with E-state index in [-0.39, 0.29) is 12.0 Å². The number of rotatable bonds is 5. The van der Waals surface area contributed by atoms with Crippen LogP contribution >= 0.6 is 11.8 Å². The van der Waals surface area contributed by atoms with E-state index in [0.29, 0.717) is 5.75 Å². The molecule has 0 saturated heterocycles. The Kier molecular flexibility index (Phi) is 5.21. The molecule has 1 atom stereocenters. The van der Waals surface area contributed by atoms with Gasteiger partial charge in [0.2, 0.25) is 0 Å². The third-order valence-corrected chi connectivity index (χ3v) is 3.10. The topological polar surface area (TPSA) is 38.3 Å². The summed E-state index contributed by atoms with van der Waals surface area (Å²) in [5, 5.41) is 2.93. The number of hydrogen-bond acceptors (Lipinski definition) is 4. The van der Waals surface area contributed by atoms with Crippen LogP contribution in [0.15, 0.2) is 35.2 Å². The average Bonchev–Trinajstić information content (AvgIpc) is 2.31.